The van der Waals surface area contributed by atoms with Gasteiger partial charge in [-0.2, -0.15) is 0 Å². The predicted octanol–water partition coefficient (Wildman–Crippen LogP) is 7.73. The van der Waals surface area contributed by atoms with Gasteiger partial charge < -0.3 is 14.0 Å². The number of benzene rings is 4. The number of hydrogen-bond acceptors (Lipinski definition) is 2. The molecule has 3 aliphatic rings. The zero-order chi connectivity index (χ0) is 26.7. The number of hydrogen-bond donors (Lipinski definition) is 0. The van der Waals surface area contributed by atoms with E-state index in [1.807, 2.05) is 0 Å². The normalized spacial score (nSPS) is 32.9. The van der Waals surface area contributed by atoms with Gasteiger partial charge in [0.25, 0.3) is 0 Å². The Labute approximate surface area is 233 Å². The van der Waals surface area contributed by atoms with Crippen molar-refractivity contribution < 1.29 is 14.0 Å². The Hall–Kier alpha value is -3.14. The van der Waals surface area contributed by atoms with Crippen molar-refractivity contribution in [2.45, 2.75) is 51.0 Å². The van der Waals surface area contributed by atoms with Crippen LogP contribution in [0.3, 0.4) is 0 Å². The fourth-order valence-corrected chi connectivity index (χ4v) is 9.36. The molecule has 39 heavy (non-hydrogen) atoms. The standard InChI is InChI=1S/C36H40NO2/c1-26-22-37(23-27-16-18-30(38-3)19-17-27)25-36(34-21-20-32(26)35(34,37)2,39-24-28-10-5-4-6-11-28)33-15-9-13-29-12-7-8-14-31(29)33/h4-19,26,32,34H,20-25H2,1-3H3/q+1/t26-,32+,34+,35-,36+,37-/m1/s1. The second-order valence-electron chi connectivity index (χ2n) is 12.6. The molecule has 0 radical (unpaired) electrons. The van der Waals surface area contributed by atoms with Gasteiger partial charge >= 0.3 is 0 Å². The zero-order valence-corrected chi connectivity index (χ0v) is 23.5. The zero-order valence-electron chi connectivity index (χ0n) is 23.5. The first-order chi connectivity index (χ1) is 19.0. The van der Waals surface area contributed by atoms with E-state index < -0.39 is 0 Å². The van der Waals surface area contributed by atoms with Crippen LogP contribution in [-0.2, 0) is 23.5 Å². The summed E-state index contributed by atoms with van der Waals surface area (Å²) in [5.41, 5.74) is 3.86. The van der Waals surface area contributed by atoms with E-state index in [2.05, 4.69) is 111 Å². The van der Waals surface area contributed by atoms with Crippen molar-refractivity contribution in [3.05, 3.63) is 114 Å². The molecule has 0 amide bonds. The summed E-state index contributed by atoms with van der Waals surface area (Å²) in [7, 11) is 1.75. The molecule has 1 saturated carbocycles. The Bertz CT molecular complexity index is 1480. The van der Waals surface area contributed by atoms with Crippen molar-refractivity contribution >= 4 is 10.8 Å². The quantitative estimate of drug-likeness (QED) is 0.233. The Morgan fingerprint density at radius 2 is 1.56 bits per heavy atom. The van der Waals surface area contributed by atoms with Crippen LogP contribution in [0.5, 0.6) is 5.75 Å². The first-order valence-electron chi connectivity index (χ1n) is 14.6. The first kappa shape index (κ1) is 24.9. The molecule has 4 aromatic carbocycles. The summed E-state index contributed by atoms with van der Waals surface area (Å²) in [5, 5.41) is 2.65. The second-order valence-corrected chi connectivity index (χ2v) is 12.6. The molecular weight excluding hydrogens is 478 g/mol. The minimum Gasteiger partial charge on any atom is -0.497 e. The number of methoxy groups -OCH3 is 1. The van der Waals surface area contributed by atoms with Gasteiger partial charge in [-0.15, -0.1) is 0 Å². The summed E-state index contributed by atoms with van der Waals surface area (Å²) >= 11 is 0. The van der Waals surface area contributed by atoms with Gasteiger partial charge in [-0.25, -0.2) is 0 Å². The molecule has 6 atom stereocenters. The predicted molar refractivity (Wildman–Crippen MR) is 157 cm³/mol. The maximum atomic E-state index is 7.40. The Kier molecular flexibility index (Phi) is 5.88. The van der Waals surface area contributed by atoms with E-state index in [0.29, 0.717) is 12.5 Å². The van der Waals surface area contributed by atoms with Crippen LogP contribution in [0.2, 0.25) is 0 Å². The lowest BCUT2D eigenvalue weighted by atomic mass is 9.72. The van der Waals surface area contributed by atoms with Crippen LogP contribution in [-0.4, -0.2) is 30.2 Å². The van der Waals surface area contributed by atoms with Gasteiger partial charge in [0, 0.05) is 17.4 Å². The van der Waals surface area contributed by atoms with Crippen LogP contribution in [0.4, 0.5) is 0 Å². The van der Waals surface area contributed by atoms with Gasteiger partial charge in [0.05, 0.1) is 26.2 Å². The van der Waals surface area contributed by atoms with E-state index in [-0.39, 0.29) is 11.1 Å². The van der Waals surface area contributed by atoms with Gasteiger partial charge in [-0.3, -0.25) is 0 Å². The summed E-state index contributed by atoms with van der Waals surface area (Å²) in [4.78, 5) is 0. The number of rotatable bonds is 7. The summed E-state index contributed by atoms with van der Waals surface area (Å²) in [5.74, 6) is 2.83. The highest BCUT2D eigenvalue weighted by atomic mass is 16.5. The maximum absolute atomic E-state index is 7.40. The third-order valence-electron chi connectivity index (χ3n) is 10.9. The Morgan fingerprint density at radius 1 is 0.821 bits per heavy atom. The molecule has 1 aliphatic carbocycles. The van der Waals surface area contributed by atoms with Crippen molar-refractivity contribution in [1.29, 1.82) is 0 Å². The fraction of sp³-hybridized carbons (Fsp3) is 0.389. The minimum atomic E-state index is -0.340. The smallest absolute Gasteiger partial charge is 0.151 e. The summed E-state index contributed by atoms with van der Waals surface area (Å²) < 4.78 is 14.0. The van der Waals surface area contributed by atoms with Gasteiger partial charge in [-0.1, -0.05) is 79.7 Å². The Balaban J connectivity index is 1.39. The molecular formula is C36H40NO2+. The SMILES string of the molecule is COc1ccc(C[N@@+]23C[C@@H](C)[C@@H]4CC[C@@H]([C@@]42C)[C@@](OCc2ccccc2)(c2cccc4ccccc24)C3)cc1. The lowest BCUT2D eigenvalue weighted by molar-refractivity contribution is -0.968. The highest BCUT2D eigenvalue weighted by Crippen LogP contribution is 2.68. The number of fused-ring (bicyclic) bond motifs is 1. The molecule has 3 heteroatoms. The molecule has 0 bridgehead atoms. The number of quaternary nitrogens is 1. The van der Waals surface area contributed by atoms with Gasteiger partial charge in [0.1, 0.15) is 24.4 Å². The summed E-state index contributed by atoms with van der Waals surface area (Å²) in [6.45, 7) is 9.04. The third-order valence-corrected chi connectivity index (χ3v) is 10.9. The molecule has 200 valence electrons. The molecule has 0 unspecified atom stereocenters. The van der Waals surface area contributed by atoms with Crippen molar-refractivity contribution in [2.75, 3.05) is 20.2 Å². The number of nitrogens with zero attached hydrogens (tertiary/aromatic N) is 1. The van der Waals surface area contributed by atoms with E-state index in [9.17, 15) is 0 Å². The third kappa shape index (κ3) is 3.63. The highest BCUT2D eigenvalue weighted by molar-refractivity contribution is 5.86. The van der Waals surface area contributed by atoms with Crippen molar-refractivity contribution in [3.63, 3.8) is 0 Å². The fourth-order valence-electron chi connectivity index (χ4n) is 9.36. The minimum absolute atomic E-state index is 0.174. The average molecular weight is 519 g/mol. The van der Waals surface area contributed by atoms with Gasteiger partial charge in [0.2, 0.25) is 0 Å². The second kappa shape index (κ2) is 9.21. The molecule has 7 rings (SSSR count). The topological polar surface area (TPSA) is 18.5 Å². The van der Waals surface area contributed by atoms with Crippen LogP contribution >= 0.6 is 0 Å². The first-order valence-corrected chi connectivity index (χ1v) is 14.6. The van der Waals surface area contributed by atoms with Crippen LogP contribution in [0.25, 0.3) is 10.8 Å². The van der Waals surface area contributed by atoms with Crippen molar-refractivity contribution in [3.8, 4) is 5.75 Å². The van der Waals surface area contributed by atoms with Gasteiger partial charge in [0.15, 0.2) is 5.60 Å². The van der Waals surface area contributed by atoms with Crippen LogP contribution in [0.15, 0.2) is 97.1 Å². The summed E-state index contributed by atoms with van der Waals surface area (Å²) in [6.07, 6.45) is 2.53. The molecule has 3 fully saturated rings. The number of ether oxygens (including phenoxy) is 2. The van der Waals surface area contributed by atoms with E-state index >= 15 is 0 Å². The molecule has 2 saturated heterocycles. The summed E-state index contributed by atoms with van der Waals surface area (Å²) in [6, 6.07) is 35.3. The molecule has 0 spiro atoms. The van der Waals surface area contributed by atoms with E-state index in [4.69, 9.17) is 9.47 Å². The maximum Gasteiger partial charge on any atom is 0.151 e. The monoisotopic (exact) mass is 518 g/mol. The van der Waals surface area contributed by atoms with Gasteiger partial charge in [-0.05, 0) is 65.9 Å². The molecule has 3 nitrogen and oxygen atoms in total. The van der Waals surface area contributed by atoms with E-state index in [1.165, 1.54) is 46.8 Å². The molecule has 0 N–H and O–H groups in total. The Morgan fingerprint density at radius 3 is 2.36 bits per heavy atom. The molecule has 4 aromatic rings. The molecule has 2 heterocycles. The largest absolute Gasteiger partial charge is 0.497 e. The van der Waals surface area contributed by atoms with Crippen LogP contribution < -0.4 is 4.74 Å². The van der Waals surface area contributed by atoms with Crippen molar-refractivity contribution in [1.82, 2.24) is 0 Å². The van der Waals surface area contributed by atoms with Crippen molar-refractivity contribution in [2.24, 2.45) is 17.8 Å². The van der Waals surface area contributed by atoms with Crippen LogP contribution in [0.1, 0.15) is 43.4 Å². The average Bonchev–Trinajstić information content (AvgIpc) is 3.52. The van der Waals surface area contributed by atoms with Crippen LogP contribution in [0, 0.1) is 17.8 Å². The lowest BCUT2D eigenvalue weighted by Crippen LogP contribution is -2.57. The van der Waals surface area contributed by atoms with E-state index in [0.717, 1.165) is 35.2 Å². The molecule has 0 aromatic heterocycles. The highest BCUT2D eigenvalue weighted by Gasteiger charge is 2.78. The lowest BCUT2D eigenvalue weighted by Gasteiger charge is -2.43. The molecule has 2 aliphatic heterocycles. The van der Waals surface area contributed by atoms with E-state index in [1.54, 1.807) is 7.11 Å².